The van der Waals surface area contributed by atoms with E-state index >= 15 is 0 Å². The summed E-state index contributed by atoms with van der Waals surface area (Å²) in [6.45, 7) is 2.17. The number of carbonyl (C=O) groups excluding carboxylic acids is 1. The summed E-state index contributed by atoms with van der Waals surface area (Å²) in [5.74, 6) is 1.16. The summed E-state index contributed by atoms with van der Waals surface area (Å²) in [6, 6.07) is 0.330. The second-order valence-electron chi connectivity index (χ2n) is 3.22. The number of ether oxygens (including phenoxy) is 1. The van der Waals surface area contributed by atoms with Crippen LogP contribution in [-0.4, -0.2) is 30.2 Å². The van der Waals surface area contributed by atoms with Gasteiger partial charge in [-0.2, -0.15) is 11.8 Å². The number of alkyl carbamates (subject to hydrolysis) is 1. The van der Waals surface area contributed by atoms with Gasteiger partial charge in [-0.05, 0) is 25.0 Å². The Morgan fingerprint density at radius 2 is 2.38 bits per heavy atom. The first kappa shape index (κ1) is 10.7. The Morgan fingerprint density at radius 1 is 1.62 bits per heavy atom. The van der Waals surface area contributed by atoms with Gasteiger partial charge < -0.3 is 10.1 Å². The fourth-order valence-corrected chi connectivity index (χ4v) is 2.83. The monoisotopic (exact) mass is 203 g/mol. The van der Waals surface area contributed by atoms with Crippen LogP contribution in [0.2, 0.25) is 0 Å². The van der Waals surface area contributed by atoms with E-state index in [1.165, 1.54) is 13.5 Å². The Hall–Kier alpha value is -0.380. The molecule has 1 aliphatic rings. The fourth-order valence-electron chi connectivity index (χ4n) is 1.68. The summed E-state index contributed by atoms with van der Waals surface area (Å²) >= 11 is 1.99. The Bertz CT molecular complexity index is 175. The second kappa shape index (κ2) is 5.37. The minimum Gasteiger partial charge on any atom is -0.453 e. The SMILES string of the molecule is CCSC1CCC(NC(=O)OC)C1. The number of amides is 1. The van der Waals surface area contributed by atoms with Gasteiger partial charge in [-0.25, -0.2) is 4.79 Å². The molecule has 1 fully saturated rings. The van der Waals surface area contributed by atoms with Crippen LogP contribution in [0.4, 0.5) is 4.79 Å². The quantitative estimate of drug-likeness (QED) is 0.762. The van der Waals surface area contributed by atoms with E-state index in [9.17, 15) is 4.79 Å². The summed E-state index contributed by atoms with van der Waals surface area (Å²) < 4.78 is 4.55. The standard InChI is InChI=1S/C9H17NO2S/c1-3-13-8-5-4-7(6-8)10-9(11)12-2/h7-8H,3-6H2,1-2H3,(H,10,11). The number of hydrogen-bond acceptors (Lipinski definition) is 3. The van der Waals surface area contributed by atoms with Crippen molar-refractivity contribution in [1.82, 2.24) is 5.32 Å². The third-order valence-electron chi connectivity index (χ3n) is 2.29. The summed E-state index contributed by atoms with van der Waals surface area (Å²) in [4.78, 5) is 10.9. The van der Waals surface area contributed by atoms with Gasteiger partial charge in [0.15, 0.2) is 0 Å². The minimum absolute atomic E-state index is 0.299. The normalized spacial score (nSPS) is 27.2. The van der Waals surface area contributed by atoms with Crippen LogP contribution in [0.5, 0.6) is 0 Å². The lowest BCUT2D eigenvalue weighted by molar-refractivity contribution is 0.167. The second-order valence-corrected chi connectivity index (χ2v) is 4.80. The lowest BCUT2D eigenvalue weighted by atomic mass is 10.3. The Morgan fingerprint density at radius 3 is 3.00 bits per heavy atom. The van der Waals surface area contributed by atoms with Gasteiger partial charge in [-0.1, -0.05) is 6.92 Å². The summed E-state index contributed by atoms with van der Waals surface area (Å²) in [5.41, 5.74) is 0. The maximum Gasteiger partial charge on any atom is 0.407 e. The Kier molecular flexibility index (Phi) is 4.42. The van der Waals surface area contributed by atoms with Gasteiger partial charge >= 0.3 is 6.09 Å². The van der Waals surface area contributed by atoms with Gasteiger partial charge in [0.2, 0.25) is 0 Å². The van der Waals surface area contributed by atoms with Gasteiger partial charge in [0.1, 0.15) is 0 Å². The van der Waals surface area contributed by atoms with Crippen molar-refractivity contribution in [2.24, 2.45) is 0 Å². The van der Waals surface area contributed by atoms with Crippen LogP contribution in [0.15, 0.2) is 0 Å². The highest BCUT2D eigenvalue weighted by Gasteiger charge is 2.25. The number of carbonyl (C=O) groups is 1. The van der Waals surface area contributed by atoms with Gasteiger partial charge in [0.05, 0.1) is 7.11 Å². The maximum atomic E-state index is 10.9. The molecule has 0 spiro atoms. The molecule has 1 rings (SSSR count). The van der Waals surface area contributed by atoms with Crippen LogP contribution in [-0.2, 0) is 4.74 Å². The number of methoxy groups -OCH3 is 1. The molecule has 0 aromatic heterocycles. The van der Waals surface area contributed by atoms with Crippen LogP contribution < -0.4 is 5.32 Å². The zero-order chi connectivity index (χ0) is 9.68. The Balaban J connectivity index is 2.20. The van der Waals surface area contributed by atoms with Crippen LogP contribution in [0.25, 0.3) is 0 Å². The average molecular weight is 203 g/mol. The first-order chi connectivity index (χ1) is 6.26. The van der Waals surface area contributed by atoms with Crippen molar-refractivity contribution >= 4 is 17.9 Å². The summed E-state index contributed by atoms with van der Waals surface area (Å²) in [6.07, 6.45) is 3.10. The molecule has 0 bridgehead atoms. The molecule has 1 aliphatic carbocycles. The smallest absolute Gasteiger partial charge is 0.407 e. The number of rotatable bonds is 3. The molecule has 13 heavy (non-hydrogen) atoms. The molecular weight excluding hydrogens is 186 g/mol. The zero-order valence-corrected chi connectivity index (χ0v) is 9.02. The molecule has 0 aromatic rings. The van der Waals surface area contributed by atoms with Crippen LogP contribution >= 0.6 is 11.8 Å². The van der Waals surface area contributed by atoms with Crippen molar-refractivity contribution < 1.29 is 9.53 Å². The van der Waals surface area contributed by atoms with Gasteiger partial charge in [-0.15, -0.1) is 0 Å². The van der Waals surface area contributed by atoms with Crippen molar-refractivity contribution in [2.45, 2.75) is 37.5 Å². The molecule has 4 heteroatoms. The molecule has 0 aliphatic heterocycles. The minimum atomic E-state index is -0.299. The van der Waals surface area contributed by atoms with Crippen LogP contribution in [0.1, 0.15) is 26.2 Å². The van der Waals surface area contributed by atoms with Crippen molar-refractivity contribution in [2.75, 3.05) is 12.9 Å². The molecular formula is C9H17NO2S. The third kappa shape index (κ3) is 3.46. The Labute approximate surface area is 83.6 Å². The zero-order valence-electron chi connectivity index (χ0n) is 8.21. The van der Waals surface area contributed by atoms with E-state index in [-0.39, 0.29) is 6.09 Å². The molecule has 0 radical (unpaired) electrons. The molecule has 2 unspecified atom stereocenters. The summed E-state index contributed by atoms with van der Waals surface area (Å²) in [7, 11) is 1.41. The maximum absolute atomic E-state index is 10.9. The molecule has 0 aromatic carbocycles. The van der Waals surface area contributed by atoms with Gasteiger partial charge in [0.25, 0.3) is 0 Å². The molecule has 0 heterocycles. The molecule has 76 valence electrons. The number of hydrogen-bond donors (Lipinski definition) is 1. The summed E-state index contributed by atoms with van der Waals surface area (Å²) in [5, 5.41) is 3.57. The predicted octanol–water partition coefficient (Wildman–Crippen LogP) is 2.02. The molecule has 1 saturated carbocycles. The van der Waals surface area contributed by atoms with Gasteiger partial charge in [-0.3, -0.25) is 0 Å². The average Bonchev–Trinajstić information content (AvgIpc) is 2.53. The molecule has 1 amide bonds. The third-order valence-corrected chi connectivity index (χ3v) is 3.53. The molecule has 0 saturated heterocycles. The van der Waals surface area contributed by atoms with E-state index in [1.807, 2.05) is 11.8 Å². The van der Waals surface area contributed by atoms with E-state index in [4.69, 9.17) is 0 Å². The number of nitrogens with one attached hydrogen (secondary N) is 1. The highest BCUT2D eigenvalue weighted by molar-refractivity contribution is 7.99. The highest BCUT2D eigenvalue weighted by atomic mass is 32.2. The van der Waals surface area contributed by atoms with Crippen LogP contribution in [0, 0.1) is 0 Å². The van der Waals surface area contributed by atoms with E-state index in [0.717, 1.165) is 23.8 Å². The van der Waals surface area contributed by atoms with Crippen molar-refractivity contribution in [1.29, 1.82) is 0 Å². The largest absolute Gasteiger partial charge is 0.453 e. The fraction of sp³-hybridized carbons (Fsp3) is 0.889. The van der Waals surface area contributed by atoms with Crippen molar-refractivity contribution in [3.8, 4) is 0 Å². The van der Waals surface area contributed by atoms with Gasteiger partial charge in [0, 0.05) is 11.3 Å². The topological polar surface area (TPSA) is 38.3 Å². The lowest BCUT2D eigenvalue weighted by Crippen LogP contribution is -2.32. The first-order valence-electron chi connectivity index (χ1n) is 4.72. The van der Waals surface area contributed by atoms with E-state index in [0.29, 0.717) is 6.04 Å². The lowest BCUT2D eigenvalue weighted by Gasteiger charge is -2.11. The highest BCUT2D eigenvalue weighted by Crippen LogP contribution is 2.29. The van der Waals surface area contributed by atoms with Crippen molar-refractivity contribution in [3.05, 3.63) is 0 Å². The molecule has 1 N–H and O–H groups in total. The van der Waals surface area contributed by atoms with E-state index in [1.54, 1.807) is 0 Å². The van der Waals surface area contributed by atoms with Crippen molar-refractivity contribution in [3.63, 3.8) is 0 Å². The van der Waals surface area contributed by atoms with E-state index < -0.39 is 0 Å². The molecule has 2 atom stereocenters. The predicted molar refractivity (Wildman–Crippen MR) is 55.1 cm³/mol. The first-order valence-corrected chi connectivity index (χ1v) is 5.77. The molecule has 3 nitrogen and oxygen atoms in total. The number of thioether (sulfide) groups is 1. The van der Waals surface area contributed by atoms with E-state index in [2.05, 4.69) is 17.0 Å². The van der Waals surface area contributed by atoms with Crippen LogP contribution in [0.3, 0.4) is 0 Å².